The van der Waals surface area contributed by atoms with Gasteiger partial charge in [-0.2, -0.15) is 13.2 Å². The first kappa shape index (κ1) is 21.3. The average molecular weight is 438 g/mol. The van der Waals surface area contributed by atoms with Gasteiger partial charge in [-0.05, 0) is 48.2 Å². The molecule has 0 radical (unpaired) electrons. The first-order valence-electron chi connectivity index (χ1n) is 8.58. The van der Waals surface area contributed by atoms with E-state index >= 15 is 0 Å². The molecule has 8 heteroatoms. The number of ether oxygens (including phenoxy) is 1. The predicted octanol–water partition coefficient (Wildman–Crippen LogP) is 6.41. The number of halogens is 3. The number of thioether (sulfide) groups is 1. The number of thiophene rings is 1. The van der Waals surface area contributed by atoms with Gasteiger partial charge in [0.1, 0.15) is 5.75 Å². The van der Waals surface area contributed by atoms with E-state index in [1.807, 2.05) is 12.1 Å². The highest BCUT2D eigenvalue weighted by molar-refractivity contribution is 7.99. The average Bonchev–Trinajstić information content (AvgIpc) is 3.06. The standard InChI is InChI=1S/C21H17F3O3S2/c1-13-10-15(6-7-17(13)27-12-20(25)26)28-9-8-16(21(22,23)24)19-11-14-4-2-3-5-18(14)29-19/h2-8,10-11H,9,12H2,1H3,(H,25,26). The zero-order valence-corrected chi connectivity index (χ0v) is 17.0. The summed E-state index contributed by atoms with van der Waals surface area (Å²) in [4.78, 5) is 11.6. The van der Waals surface area contributed by atoms with Crippen LogP contribution in [0, 0.1) is 6.92 Å². The number of carboxylic acid groups (broad SMARTS) is 1. The normalized spacial score (nSPS) is 12.3. The lowest BCUT2D eigenvalue weighted by Gasteiger charge is -2.11. The summed E-state index contributed by atoms with van der Waals surface area (Å²) in [7, 11) is 0. The van der Waals surface area contributed by atoms with Crippen LogP contribution in [0.1, 0.15) is 10.4 Å². The summed E-state index contributed by atoms with van der Waals surface area (Å²) >= 11 is 2.40. The predicted molar refractivity (Wildman–Crippen MR) is 111 cm³/mol. The van der Waals surface area contributed by atoms with Crippen molar-refractivity contribution >= 4 is 44.7 Å². The van der Waals surface area contributed by atoms with E-state index in [2.05, 4.69) is 0 Å². The molecule has 0 aliphatic heterocycles. The Balaban J connectivity index is 1.75. The number of alkyl halides is 3. The number of fused-ring (bicyclic) bond motifs is 1. The molecule has 3 nitrogen and oxygen atoms in total. The molecule has 0 amide bonds. The fraction of sp³-hybridized carbons (Fsp3) is 0.190. The summed E-state index contributed by atoms with van der Waals surface area (Å²) in [6.07, 6.45) is -3.23. The van der Waals surface area contributed by atoms with Crippen LogP contribution in [-0.2, 0) is 4.79 Å². The Kier molecular flexibility index (Phi) is 6.54. The minimum atomic E-state index is -4.44. The molecule has 0 saturated carbocycles. The second-order valence-corrected chi connectivity index (χ2v) is 8.36. The highest BCUT2D eigenvalue weighted by Gasteiger charge is 2.35. The smallest absolute Gasteiger partial charge is 0.417 e. The van der Waals surface area contributed by atoms with Gasteiger partial charge in [0.05, 0.1) is 5.57 Å². The number of benzene rings is 2. The Bertz CT molecular complexity index is 1020. The molecule has 0 aliphatic rings. The van der Waals surface area contributed by atoms with Gasteiger partial charge in [0, 0.05) is 20.2 Å². The maximum atomic E-state index is 13.6. The van der Waals surface area contributed by atoms with Gasteiger partial charge in [0.2, 0.25) is 0 Å². The molecule has 1 N–H and O–H groups in total. The molecule has 0 bridgehead atoms. The summed E-state index contributed by atoms with van der Waals surface area (Å²) in [6, 6.07) is 13.9. The van der Waals surface area contributed by atoms with Crippen LogP contribution in [0.2, 0.25) is 0 Å². The van der Waals surface area contributed by atoms with Gasteiger partial charge in [-0.15, -0.1) is 23.1 Å². The Hall–Kier alpha value is -2.45. The monoisotopic (exact) mass is 438 g/mol. The van der Waals surface area contributed by atoms with Crippen molar-refractivity contribution in [3.63, 3.8) is 0 Å². The van der Waals surface area contributed by atoms with Crippen molar-refractivity contribution in [3.05, 3.63) is 65.0 Å². The largest absolute Gasteiger partial charge is 0.482 e. The SMILES string of the molecule is Cc1cc(SCC=C(c2cc3ccccc3s2)C(F)(F)F)ccc1OCC(=O)O. The first-order chi connectivity index (χ1) is 13.7. The van der Waals surface area contributed by atoms with Crippen molar-refractivity contribution in [3.8, 4) is 5.75 Å². The highest BCUT2D eigenvalue weighted by Crippen LogP contribution is 2.40. The van der Waals surface area contributed by atoms with E-state index in [9.17, 15) is 18.0 Å². The van der Waals surface area contributed by atoms with Gasteiger partial charge >= 0.3 is 12.1 Å². The van der Waals surface area contributed by atoms with Crippen LogP contribution in [0.4, 0.5) is 13.2 Å². The number of carbonyl (C=O) groups is 1. The summed E-state index contributed by atoms with van der Waals surface area (Å²) in [5.74, 6) is -0.486. The lowest BCUT2D eigenvalue weighted by Crippen LogP contribution is -2.10. The van der Waals surface area contributed by atoms with Crippen molar-refractivity contribution in [2.24, 2.45) is 0 Å². The summed E-state index contributed by atoms with van der Waals surface area (Å²) in [5, 5.41) is 9.46. The summed E-state index contributed by atoms with van der Waals surface area (Å²) in [5.41, 5.74) is 0.0881. The van der Waals surface area contributed by atoms with Crippen molar-refractivity contribution < 1.29 is 27.8 Å². The minimum Gasteiger partial charge on any atom is -0.482 e. The van der Waals surface area contributed by atoms with E-state index < -0.39 is 24.3 Å². The Labute approximate surface area is 173 Å². The lowest BCUT2D eigenvalue weighted by atomic mass is 10.2. The molecule has 0 unspecified atom stereocenters. The van der Waals surface area contributed by atoms with Crippen molar-refractivity contribution in [1.29, 1.82) is 0 Å². The highest BCUT2D eigenvalue weighted by atomic mass is 32.2. The van der Waals surface area contributed by atoms with Crippen molar-refractivity contribution in [2.45, 2.75) is 18.0 Å². The fourth-order valence-electron chi connectivity index (χ4n) is 2.70. The number of allylic oxidation sites excluding steroid dienone is 1. The maximum Gasteiger partial charge on any atom is 0.417 e. The topological polar surface area (TPSA) is 46.5 Å². The van der Waals surface area contributed by atoms with E-state index in [4.69, 9.17) is 9.84 Å². The first-order valence-corrected chi connectivity index (χ1v) is 10.4. The summed E-state index contributed by atoms with van der Waals surface area (Å²) < 4.78 is 46.8. The van der Waals surface area contributed by atoms with Gasteiger partial charge in [-0.3, -0.25) is 0 Å². The summed E-state index contributed by atoms with van der Waals surface area (Å²) in [6.45, 7) is 1.32. The molecular formula is C21H17F3O3S2. The van der Waals surface area contributed by atoms with Crippen molar-refractivity contribution in [2.75, 3.05) is 12.4 Å². The molecule has 0 aliphatic carbocycles. The van der Waals surface area contributed by atoms with E-state index in [0.717, 1.165) is 31.9 Å². The van der Waals surface area contributed by atoms with Crippen LogP contribution in [0.3, 0.4) is 0 Å². The fourth-order valence-corrected chi connectivity index (χ4v) is 4.70. The van der Waals surface area contributed by atoms with Crippen molar-refractivity contribution in [1.82, 2.24) is 0 Å². The molecule has 152 valence electrons. The third kappa shape index (κ3) is 5.55. The maximum absolute atomic E-state index is 13.6. The zero-order chi connectivity index (χ0) is 21.0. The van der Waals surface area contributed by atoms with E-state index in [-0.39, 0.29) is 10.6 Å². The number of carboxylic acids is 1. The Morgan fingerprint density at radius 1 is 1.21 bits per heavy atom. The van der Waals surface area contributed by atoms with Gasteiger partial charge in [0.25, 0.3) is 0 Å². The number of aryl methyl sites for hydroxylation is 1. The van der Waals surface area contributed by atoms with Crippen LogP contribution in [0.5, 0.6) is 5.75 Å². The molecule has 2 aromatic carbocycles. The van der Waals surface area contributed by atoms with Crippen LogP contribution < -0.4 is 4.74 Å². The van der Waals surface area contributed by atoms with Gasteiger partial charge < -0.3 is 9.84 Å². The zero-order valence-electron chi connectivity index (χ0n) is 15.3. The quantitative estimate of drug-likeness (QED) is 0.433. The molecule has 0 saturated heterocycles. The number of aliphatic carboxylic acids is 1. The van der Waals surface area contributed by atoms with Gasteiger partial charge in [-0.25, -0.2) is 4.79 Å². The molecule has 0 spiro atoms. The number of hydrogen-bond acceptors (Lipinski definition) is 4. The van der Waals surface area contributed by atoms with Gasteiger partial charge in [0.15, 0.2) is 6.61 Å². The number of hydrogen-bond donors (Lipinski definition) is 1. The van der Waals surface area contributed by atoms with E-state index in [1.165, 1.54) is 17.8 Å². The molecule has 1 aromatic heterocycles. The van der Waals surface area contributed by atoms with E-state index in [1.54, 1.807) is 43.3 Å². The Morgan fingerprint density at radius 2 is 1.97 bits per heavy atom. The van der Waals surface area contributed by atoms with E-state index in [0.29, 0.717) is 5.75 Å². The van der Waals surface area contributed by atoms with Crippen LogP contribution in [0.15, 0.2) is 59.5 Å². The number of rotatable bonds is 7. The van der Waals surface area contributed by atoms with Crippen LogP contribution >= 0.6 is 23.1 Å². The van der Waals surface area contributed by atoms with Crippen LogP contribution in [0.25, 0.3) is 15.7 Å². The molecule has 1 heterocycles. The molecule has 29 heavy (non-hydrogen) atoms. The Morgan fingerprint density at radius 3 is 2.62 bits per heavy atom. The second-order valence-electron chi connectivity index (χ2n) is 6.18. The second kappa shape index (κ2) is 8.92. The third-order valence-corrected chi connectivity index (χ3v) is 6.10. The third-order valence-electron chi connectivity index (χ3n) is 4.03. The molecule has 0 fully saturated rings. The lowest BCUT2D eigenvalue weighted by molar-refractivity contribution is -0.139. The molecule has 3 aromatic rings. The minimum absolute atomic E-state index is 0.151. The molecule has 0 atom stereocenters. The van der Waals surface area contributed by atoms with Crippen LogP contribution in [-0.4, -0.2) is 29.6 Å². The molecule has 3 rings (SSSR count). The van der Waals surface area contributed by atoms with Gasteiger partial charge in [-0.1, -0.05) is 24.3 Å². The molecular weight excluding hydrogens is 421 g/mol.